The van der Waals surface area contributed by atoms with Gasteiger partial charge >= 0.3 is 0 Å². The van der Waals surface area contributed by atoms with Crippen LogP contribution in [0.15, 0.2) is 12.1 Å². The first-order valence-corrected chi connectivity index (χ1v) is 6.50. The lowest BCUT2D eigenvalue weighted by Crippen LogP contribution is -2.29. The standard InChI is InChI=1S/C11H4ClF2N3O2S/c12-11-16-15-7(20-11)3-17-8-5(9(18)10(17)19)1-4(13)2-6(8)14/h1-2H,3H2. The van der Waals surface area contributed by atoms with E-state index >= 15 is 0 Å². The second-order valence-corrected chi connectivity index (χ2v) is 5.60. The number of hydrogen-bond donors (Lipinski definition) is 0. The van der Waals surface area contributed by atoms with Crippen LogP contribution in [0.25, 0.3) is 0 Å². The monoisotopic (exact) mass is 315 g/mol. The highest BCUT2D eigenvalue weighted by Gasteiger charge is 2.39. The van der Waals surface area contributed by atoms with Crippen LogP contribution in [0.5, 0.6) is 0 Å². The van der Waals surface area contributed by atoms with Crippen molar-refractivity contribution in [1.82, 2.24) is 10.2 Å². The second-order valence-electron chi connectivity index (χ2n) is 3.95. The average molecular weight is 316 g/mol. The molecule has 102 valence electrons. The number of amides is 1. The van der Waals surface area contributed by atoms with Gasteiger partial charge in [0.1, 0.15) is 10.8 Å². The molecule has 2 heterocycles. The summed E-state index contributed by atoms with van der Waals surface area (Å²) in [7, 11) is 0. The molecule has 0 spiro atoms. The maximum atomic E-state index is 13.8. The van der Waals surface area contributed by atoms with Crippen LogP contribution >= 0.6 is 22.9 Å². The summed E-state index contributed by atoms with van der Waals surface area (Å²) < 4.78 is 27.1. The molecule has 0 saturated carbocycles. The Balaban J connectivity index is 2.06. The molecule has 2 aromatic rings. The SMILES string of the molecule is O=C1C(=O)N(Cc2nnc(Cl)s2)c2c(F)cc(F)cc21. The summed E-state index contributed by atoms with van der Waals surface area (Å²) in [6.07, 6.45) is 0. The summed E-state index contributed by atoms with van der Waals surface area (Å²) in [5.74, 6) is -3.78. The number of nitrogens with zero attached hydrogens (tertiary/aromatic N) is 3. The van der Waals surface area contributed by atoms with Crippen LogP contribution in [0.2, 0.25) is 4.47 Å². The molecule has 0 aliphatic carbocycles. The largest absolute Gasteiger partial charge is 0.299 e. The third-order valence-corrected chi connectivity index (χ3v) is 3.72. The van der Waals surface area contributed by atoms with Gasteiger partial charge in [0.25, 0.3) is 11.7 Å². The van der Waals surface area contributed by atoms with Crippen molar-refractivity contribution in [3.05, 3.63) is 38.8 Å². The molecule has 1 aliphatic heterocycles. The molecule has 3 rings (SSSR count). The van der Waals surface area contributed by atoms with Gasteiger partial charge in [0.2, 0.25) is 4.47 Å². The first-order valence-electron chi connectivity index (χ1n) is 5.30. The molecule has 0 N–H and O–H groups in total. The molecular formula is C11H4ClF2N3O2S. The summed E-state index contributed by atoms with van der Waals surface area (Å²) in [6, 6.07) is 1.45. The van der Waals surface area contributed by atoms with Crippen molar-refractivity contribution in [3.8, 4) is 0 Å². The predicted octanol–water partition coefficient (Wildman–Crippen LogP) is 2.20. The zero-order valence-corrected chi connectivity index (χ0v) is 11.1. The number of fused-ring (bicyclic) bond motifs is 1. The van der Waals surface area contributed by atoms with Crippen molar-refractivity contribution in [3.63, 3.8) is 0 Å². The number of hydrogen-bond acceptors (Lipinski definition) is 5. The molecule has 0 fully saturated rings. The summed E-state index contributed by atoms with van der Waals surface area (Å²) in [6.45, 7) is -0.148. The topological polar surface area (TPSA) is 63.2 Å². The number of carbonyl (C=O) groups is 2. The highest BCUT2D eigenvalue weighted by Crippen LogP contribution is 2.34. The molecule has 9 heteroatoms. The van der Waals surface area contributed by atoms with E-state index in [1.54, 1.807) is 0 Å². The minimum atomic E-state index is -0.977. The van der Waals surface area contributed by atoms with E-state index in [2.05, 4.69) is 10.2 Å². The van der Waals surface area contributed by atoms with Crippen molar-refractivity contribution in [2.75, 3.05) is 4.90 Å². The molecule has 0 saturated heterocycles. The number of carbonyl (C=O) groups excluding carboxylic acids is 2. The van der Waals surface area contributed by atoms with Gasteiger partial charge in [-0.15, -0.1) is 10.2 Å². The average Bonchev–Trinajstić information content (AvgIpc) is 2.88. The minimum absolute atomic E-state index is 0.148. The summed E-state index contributed by atoms with van der Waals surface area (Å²) in [5.41, 5.74) is -0.532. The van der Waals surface area contributed by atoms with E-state index in [0.29, 0.717) is 11.1 Å². The number of halogens is 3. The molecule has 1 aliphatic rings. The molecule has 1 aromatic heterocycles. The van der Waals surface area contributed by atoms with Crippen LogP contribution in [0.1, 0.15) is 15.4 Å². The first kappa shape index (κ1) is 13.1. The molecule has 5 nitrogen and oxygen atoms in total. The van der Waals surface area contributed by atoms with Gasteiger partial charge < -0.3 is 0 Å². The van der Waals surface area contributed by atoms with Crippen LogP contribution in [0.3, 0.4) is 0 Å². The van der Waals surface area contributed by atoms with Gasteiger partial charge in [-0.25, -0.2) is 8.78 Å². The zero-order valence-electron chi connectivity index (χ0n) is 9.56. The maximum Gasteiger partial charge on any atom is 0.299 e. The third kappa shape index (κ3) is 1.97. The van der Waals surface area contributed by atoms with Crippen molar-refractivity contribution in [1.29, 1.82) is 0 Å². The Morgan fingerprint density at radius 1 is 1.25 bits per heavy atom. The summed E-state index contributed by atoms with van der Waals surface area (Å²) >= 11 is 6.62. The van der Waals surface area contributed by atoms with E-state index in [1.807, 2.05) is 0 Å². The lowest BCUT2D eigenvalue weighted by atomic mass is 10.1. The summed E-state index contributed by atoms with van der Waals surface area (Å²) in [4.78, 5) is 24.5. The summed E-state index contributed by atoms with van der Waals surface area (Å²) in [5, 5.41) is 7.59. The Morgan fingerprint density at radius 2 is 2.00 bits per heavy atom. The van der Waals surface area contributed by atoms with Gasteiger partial charge in [0.05, 0.1) is 17.8 Å². The Bertz CT molecular complexity index is 749. The molecule has 1 aromatic carbocycles. The maximum absolute atomic E-state index is 13.8. The fourth-order valence-electron chi connectivity index (χ4n) is 1.94. The van der Waals surface area contributed by atoms with Gasteiger partial charge in [0, 0.05) is 6.07 Å². The number of anilines is 1. The van der Waals surface area contributed by atoms with Crippen LogP contribution in [-0.2, 0) is 11.3 Å². The molecule has 1 amide bonds. The molecule has 20 heavy (non-hydrogen) atoms. The minimum Gasteiger partial charge on any atom is -0.295 e. The van der Waals surface area contributed by atoms with Crippen LogP contribution in [0, 0.1) is 11.6 Å². The number of rotatable bonds is 2. The molecule has 0 atom stereocenters. The van der Waals surface area contributed by atoms with E-state index in [9.17, 15) is 18.4 Å². The van der Waals surface area contributed by atoms with E-state index in [1.165, 1.54) is 0 Å². The normalized spacial score (nSPS) is 14.1. The van der Waals surface area contributed by atoms with E-state index < -0.39 is 23.3 Å². The fraction of sp³-hybridized carbons (Fsp3) is 0.0909. The van der Waals surface area contributed by atoms with Gasteiger partial charge in [-0.05, 0) is 17.7 Å². The quantitative estimate of drug-likeness (QED) is 0.797. The molecule has 0 bridgehead atoms. The lowest BCUT2D eigenvalue weighted by molar-refractivity contribution is -0.114. The van der Waals surface area contributed by atoms with Crippen LogP contribution < -0.4 is 4.90 Å². The highest BCUT2D eigenvalue weighted by atomic mass is 35.5. The van der Waals surface area contributed by atoms with E-state index in [0.717, 1.165) is 22.3 Å². The van der Waals surface area contributed by atoms with E-state index in [-0.39, 0.29) is 22.3 Å². The van der Waals surface area contributed by atoms with Crippen molar-refractivity contribution < 1.29 is 18.4 Å². The number of benzene rings is 1. The first-order chi connectivity index (χ1) is 9.47. The molecule has 0 radical (unpaired) electrons. The van der Waals surface area contributed by atoms with Gasteiger partial charge in [-0.1, -0.05) is 11.3 Å². The van der Waals surface area contributed by atoms with E-state index in [4.69, 9.17) is 11.6 Å². The third-order valence-electron chi connectivity index (χ3n) is 2.72. The zero-order chi connectivity index (χ0) is 14.4. The molecule has 0 unspecified atom stereocenters. The predicted molar refractivity (Wildman–Crippen MR) is 66.8 cm³/mol. The van der Waals surface area contributed by atoms with Crippen LogP contribution in [0.4, 0.5) is 14.5 Å². The van der Waals surface area contributed by atoms with Crippen molar-refractivity contribution in [2.45, 2.75) is 6.54 Å². The Labute approximate surface area is 119 Å². The molecular weight excluding hydrogens is 312 g/mol. The Kier molecular flexibility index (Phi) is 2.98. The van der Waals surface area contributed by atoms with Gasteiger partial charge in [-0.2, -0.15) is 0 Å². The van der Waals surface area contributed by atoms with Crippen LogP contribution in [-0.4, -0.2) is 21.9 Å². The lowest BCUT2D eigenvalue weighted by Gasteiger charge is -2.14. The second kappa shape index (κ2) is 4.57. The number of aromatic nitrogens is 2. The van der Waals surface area contributed by atoms with Gasteiger partial charge in [-0.3, -0.25) is 14.5 Å². The fourth-order valence-corrected chi connectivity index (χ4v) is 2.79. The Hall–Kier alpha value is -1.93. The smallest absolute Gasteiger partial charge is 0.295 e. The van der Waals surface area contributed by atoms with Crippen molar-refractivity contribution in [2.24, 2.45) is 0 Å². The van der Waals surface area contributed by atoms with Crippen molar-refractivity contribution >= 4 is 40.3 Å². The highest BCUT2D eigenvalue weighted by molar-refractivity contribution is 7.15. The number of Topliss-reactive ketones (excluding diaryl/α,β-unsaturated/α-hetero) is 1. The number of ketones is 1. The Morgan fingerprint density at radius 3 is 2.65 bits per heavy atom. The van der Waals surface area contributed by atoms with Gasteiger partial charge in [0.15, 0.2) is 5.82 Å².